The van der Waals surface area contributed by atoms with Crippen LogP contribution in [0.1, 0.15) is 30.6 Å². The SMILES string of the molecule is CC(C)CC(CNC(=O)c1ccc([N+](=O)[O-])cc1)N1CCOCC1. The molecule has 0 bridgehead atoms. The van der Waals surface area contributed by atoms with Gasteiger partial charge in [-0.2, -0.15) is 0 Å². The third kappa shape index (κ3) is 5.28. The fourth-order valence-electron chi connectivity index (χ4n) is 2.90. The Bertz CT molecular complexity index is 553. The molecule has 1 amide bonds. The fourth-order valence-corrected chi connectivity index (χ4v) is 2.90. The summed E-state index contributed by atoms with van der Waals surface area (Å²) in [4.78, 5) is 24.8. The molecule has 132 valence electrons. The van der Waals surface area contributed by atoms with Crippen LogP contribution in [0.15, 0.2) is 24.3 Å². The number of benzene rings is 1. The minimum atomic E-state index is -0.473. The number of non-ortho nitro benzene ring substituents is 1. The van der Waals surface area contributed by atoms with Crippen LogP contribution in [0.3, 0.4) is 0 Å². The van der Waals surface area contributed by atoms with Crippen molar-refractivity contribution in [1.29, 1.82) is 0 Å². The van der Waals surface area contributed by atoms with E-state index in [0.29, 0.717) is 18.0 Å². The standard InChI is InChI=1S/C17H25N3O4/c1-13(2)11-16(19-7-9-24-10-8-19)12-18-17(21)14-3-5-15(6-4-14)20(22)23/h3-6,13,16H,7-12H2,1-2H3,(H,18,21). The Morgan fingerprint density at radius 1 is 1.29 bits per heavy atom. The topological polar surface area (TPSA) is 84.7 Å². The van der Waals surface area contributed by atoms with E-state index in [2.05, 4.69) is 24.1 Å². The molecule has 0 spiro atoms. The molecule has 0 aromatic heterocycles. The van der Waals surface area contributed by atoms with E-state index in [-0.39, 0.29) is 17.6 Å². The Labute approximate surface area is 142 Å². The highest BCUT2D eigenvalue weighted by Crippen LogP contribution is 2.14. The lowest BCUT2D eigenvalue weighted by Crippen LogP contribution is -2.49. The quantitative estimate of drug-likeness (QED) is 0.609. The molecule has 1 unspecified atom stereocenters. The van der Waals surface area contributed by atoms with Gasteiger partial charge >= 0.3 is 0 Å². The number of nitrogens with one attached hydrogen (secondary N) is 1. The lowest BCUT2D eigenvalue weighted by Gasteiger charge is -2.35. The zero-order valence-electron chi connectivity index (χ0n) is 14.2. The van der Waals surface area contributed by atoms with Crippen molar-refractivity contribution < 1.29 is 14.5 Å². The number of amides is 1. The van der Waals surface area contributed by atoms with Crippen molar-refractivity contribution in [2.45, 2.75) is 26.3 Å². The maximum Gasteiger partial charge on any atom is 0.269 e. The second-order valence-corrected chi connectivity index (χ2v) is 6.45. The van der Waals surface area contributed by atoms with Crippen LogP contribution < -0.4 is 5.32 Å². The number of nitro benzene ring substituents is 1. The molecule has 7 heteroatoms. The molecule has 1 fully saturated rings. The van der Waals surface area contributed by atoms with Crippen LogP contribution in [-0.4, -0.2) is 54.6 Å². The molecule has 1 aliphatic rings. The van der Waals surface area contributed by atoms with Crippen molar-refractivity contribution in [2.75, 3.05) is 32.8 Å². The molecule has 1 N–H and O–H groups in total. The van der Waals surface area contributed by atoms with Crippen LogP contribution in [0.25, 0.3) is 0 Å². The van der Waals surface area contributed by atoms with Crippen LogP contribution >= 0.6 is 0 Å². The number of morpholine rings is 1. The predicted molar refractivity (Wildman–Crippen MR) is 91.1 cm³/mol. The molecule has 0 saturated carbocycles. The summed E-state index contributed by atoms with van der Waals surface area (Å²) in [5.74, 6) is 0.334. The van der Waals surface area contributed by atoms with Gasteiger partial charge in [-0.25, -0.2) is 0 Å². The van der Waals surface area contributed by atoms with Gasteiger partial charge in [0.2, 0.25) is 0 Å². The van der Waals surface area contributed by atoms with Crippen molar-refractivity contribution >= 4 is 11.6 Å². The van der Waals surface area contributed by atoms with Crippen molar-refractivity contribution in [3.63, 3.8) is 0 Å². The molecule has 0 aliphatic carbocycles. The summed E-state index contributed by atoms with van der Waals surface area (Å²) >= 11 is 0. The number of rotatable bonds is 7. The Balaban J connectivity index is 1.94. The van der Waals surface area contributed by atoms with Gasteiger partial charge in [-0.15, -0.1) is 0 Å². The smallest absolute Gasteiger partial charge is 0.269 e. The maximum absolute atomic E-state index is 12.3. The number of hydrogen-bond donors (Lipinski definition) is 1. The van der Waals surface area contributed by atoms with Gasteiger partial charge in [0.05, 0.1) is 18.1 Å². The van der Waals surface area contributed by atoms with Crippen LogP contribution in [0.2, 0.25) is 0 Å². The summed E-state index contributed by atoms with van der Waals surface area (Å²) < 4.78 is 5.40. The Hall–Kier alpha value is -1.99. The predicted octanol–water partition coefficient (Wildman–Crippen LogP) is 2.07. The molecular weight excluding hydrogens is 310 g/mol. The minimum Gasteiger partial charge on any atom is -0.379 e. The lowest BCUT2D eigenvalue weighted by molar-refractivity contribution is -0.384. The van der Waals surface area contributed by atoms with Crippen LogP contribution in [0.4, 0.5) is 5.69 Å². The highest BCUT2D eigenvalue weighted by atomic mass is 16.6. The summed E-state index contributed by atoms with van der Waals surface area (Å²) in [5.41, 5.74) is 0.420. The summed E-state index contributed by atoms with van der Waals surface area (Å²) in [6.07, 6.45) is 1.00. The Morgan fingerprint density at radius 3 is 2.46 bits per heavy atom. The number of ether oxygens (including phenoxy) is 1. The molecule has 1 atom stereocenters. The van der Waals surface area contributed by atoms with Gasteiger partial charge in [-0.1, -0.05) is 13.8 Å². The van der Waals surface area contributed by atoms with Gasteiger partial charge in [-0.05, 0) is 24.5 Å². The van der Waals surface area contributed by atoms with Gasteiger partial charge in [0.15, 0.2) is 0 Å². The fraction of sp³-hybridized carbons (Fsp3) is 0.588. The van der Waals surface area contributed by atoms with E-state index in [9.17, 15) is 14.9 Å². The molecule has 1 aromatic carbocycles. The summed E-state index contributed by atoms with van der Waals surface area (Å²) in [7, 11) is 0. The average molecular weight is 335 g/mol. The molecule has 0 radical (unpaired) electrons. The van der Waals surface area contributed by atoms with Crippen LogP contribution in [0.5, 0.6) is 0 Å². The average Bonchev–Trinajstić information content (AvgIpc) is 2.59. The van der Waals surface area contributed by atoms with Gasteiger partial charge < -0.3 is 10.1 Å². The number of carbonyl (C=O) groups is 1. The molecule has 7 nitrogen and oxygen atoms in total. The van der Waals surface area contributed by atoms with Gasteiger partial charge in [0, 0.05) is 43.4 Å². The first-order valence-electron chi connectivity index (χ1n) is 8.32. The lowest BCUT2D eigenvalue weighted by atomic mass is 10.0. The number of carbonyl (C=O) groups excluding carboxylic acids is 1. The third-order valence-electron chi connectivity index (χ3n) is 4.14. The highest BCUT2D eigenvalue weighted by molar-refractivity contribution is 5.94. The van der Waals surface area contributed by atoms with Gasteiger partial charge in [0.25, 0.3) is 11.6 Å². The zero-order valence-corrected chi connectivity index (χ0v) is 14.2. The molecule has 1 heterocycles. The van der Waals surface area contributed by atoms with Gasteiger partial charge in [-0.3, -0.25) is 19.8 Å². The number of nitro groups is 1. The van der Waals surface area contributed by atoms with Crippen molar-refractivity contribution in [1.82, 2.24) is 10.2 Å². The normalized spacial score (nSPS) is 16.8. The van der Waals surface area contributed by atoms with Gasteiger partial charge in [0.1, 0.15) is 0 Å². The molecule has 24 heavy (non-hydrogen) atoms. The van der Waals surface area contributed by atoms with Crippen LogP contribution in [-0.2, 0) is 4.74 Å². The van der Waals surface area contributed by atoms with Crippen molar-refractivity contribution in [2.24, 2.45) is 5.92 Å². The number of nitrogens with zero attached hydrogens (tertiary/aromatic N) is 2. The van der Waals surface area contributed by atoms with E-state index in [1.54, 1.807) is 0 Å². The van der Waals surface area contributed by atoms with E-state index in [0.717, 1.165) is 32.7 Å². The summed E-state index contributed by atoms with van der Waals surface area (Å²) in [5, 5.41) is 13.6. The van der Waals surface area contributed by atoms with Crippen molar-refractivity contribution in [3.8, 4) is 0 Å². The largest absolute Gasteiger partial charge is 0.379 e. The summed E-state index contributed by atoms with van der Waals surface area (Å²) in [6.45, 7) is 8.12. The summed E-state index contributed by atoms with van der Waals surface area (Å²) in [6, 6.07) is 5.94. The molecular formula is C17H25N3O4. The van der Waals surface area contributed by atoms with Crippen LogP contribution in [0, 0.1) is 16.0 Å². The van der Waals surface area contributed by atoms with E-state index < -0.39 is 4.92 Å². The van der Waals surface area contributed by atoms with E-state index >= 15 is 0 Å². The first-order valence-corrected chi connectivity index (χ1v) is 8.32. The molecule has 1 saturated heterocycles. The molecule has 2 rings (SSSR count). The highest BCUT2D eigenvalue weighted by Gasteiger charge is 2.22. The Kier molecular flexibility index (Phi) is 6.69. The molecule has 1 aliphatic heterocycles. The van der Waals surface area contributed by atoms with E-state index in [1.165, 1.54) is 24.3 Å². The first-order chi connectivity index (χ1) is 11.5. The number of hydrogen-bond acceptors (Lipinski definition) is 5. The van der Waals surface area contributed by atoms with E-state index in [1.807, 2.05) is 0 Å². The first kappa shape index (κ1) is 18.4. The zero-order chi connectivity index (χ0) is 17.5. The maximum atomic E-state index is 12.3. The second kappa shape index (κ2) is 8.75. The minimum absolute atomic E-state index is 0.0162. The third-order valence-corrected chi connectivity index (χ3v) is 4.14. The monoisotopic (exact) mass is 335 g/mol. The second-order valence-electron chi connectivity index (χ2n) is 6.45. The Morgan fingerprint density at radius 2 is 1.92 bits per heavy atom. The van der Waals surface area contributed by atoms with E-state index in [4.69, 9.17) is 4.74 Å². The van der Waals surface area contributed by atoms with Crippen molar-refractivity contribution in [3.05, 3.63) is 39.9 Å². The molecule has 1 aromatic rings.